The smallest absolute Gasteiger partial charge is 0.411 e. The number of ether oxygens (including phenoxy) is 3. The van der Waals surface area contributed by atoms with Crippen LogP contribution < -0.4 is 4.74 Å². The highest BCUT2D eigenvalue weighted by Crippen LogP contribution is 2.34. The van der Waals surface area contributed by atoms with Crippen LogP contribution >= 0.6 is 0 Å². The van der Waals surface area contributed by atoms with Crippen LogP contribution in [0.1, 0.15) is 51.2 Å². The van der Waals surface area contributed by atoms with Crippen molar-refractivity contribution in [1.82, 2.24) is 14.7 Å². The van der Waals surface area contributed by atoms with Crippen molar-refractivity contribution in [2.24, 2.45) is 5.41 Å². The highest BCUT2D eigenvalue weighted by Gasteiger charge is 2.45. The minimum Gasteiger partial charge on any atom is -0.493 e. The molecule has 2 atom stereocenters. The highest BCUT2D eigenvalue weighted by atomic mass is 19.3. The Morgan fingerprint density at radius 2 is 1.80 bits per heavy atom. The lowest BCUT2D eigenvalue weighted by Gasteiger charge is -2.38. The molecule has 0 saturated heterocycles. The minimum absolute atomic E-state index is 0.109. The molecule has 224 valence electrons. The van der Waals surface area contributed by atoms with Crippen LogP contribution in [0.15, 0.2) is 30.0 Å². The number of aliphatic carboxylic acids is 1. The molecule has 0 radical (unpaired) electrons. The second kappa shape index (κ2) is 11.5. The first kappa shape index (κ1) is 30.1. The Morgan fingerprint density at radius 3 is 2.49 bits per heavy atom. The van der Waals surface area contributed by atoms with E-state index in [9.17, 15) is 33.1 Å². The van der Waals surface area contributed by atoms with E-state index in [4.69, 9.17) is 14.2 Å². The number of cyclic esters (lactones) is 1. The monoisotopic (exact) mass is 579 g/mol. The van der Waals surface area contributed by atoms with Gasteiger partial charge in [0.15, 0.2) is 6.61 Å². The lowest BCUT2D eigenvalue weighted by Crippen LogP contribution is -2.55. The van der Waals surface area contributed by atoms with Crippen LogP contribution in [-0.4, -0.2) is 88.7 Å². The zero-order chi connectivity index (χ0) is 30.1. The Labute approximate surface area is 236 Å². The quantitative estimate of drug-likeness (QED) is 0.529. The van der Waals surface area contributed by atoms with Gasteiger partial charge in [0.25, 0.3) is 11.8 Å². The van der Waals surface area contributed by atoms with Crippen LogP contribution in [0.25, 0.3) is 0 Å². The highest BCUT2D eigenvalue weighted by molar-refractivity contribution is 5.96. The van der Waals surface area contributed by atoms with E-state index >= 15 is 0 Å². The number of fused-ring (bicyclic) bond motifs is 3. The summed E-state index contributed by atoms with van der Waals surface area (Å²) in [4.78, 5) is 54.9. The first-order valence-corrected chi connectivity index (χ1v) is 13.4. The fraction of sp³-hybridized carbons (Fsp3) is 0.571. The fourth-order valence-electron chi connectivity index (χ4n) is 5.30. The summed E-state index contributed by atoms with van der Waals surface area (Å²) in [6.07, 6.45) is -1.85. The van der Waals surface area contributed by atoms with Crippen molar-refractivity contribution in [2.75, 3.05) is 26.8 Å². The van der Waals surface area contributed by atoms with Gasteiger partial charge in [-0.2, -0.15) is 0 Å². The number of rotatable bonds is 1. The normalized spacial score (nSPS) is 24.2. The second-order valence-corrected chi connectivity index (χ2v) is 11.6. The summed E-state index contributed by atoms with van der Waals surface area (Å²) >= 11 is 0. The Morgan fingerprint density at radius 1 is 1.07 bits per heavy atom. The number of hydrogen-bond acceptors (Lipinski definition) is 7. The van der Waals surface area contributed by atoms with Crippen molar-refractivity contribution in [3.63, 3.8) is 0 Å². The molecule has 3 aliphatic heterocycles. The summed E-state index contributed by atoms with van der Waals surface area (Å²) in [5.74, 6) is -4.98. The lowest BCUT2D eigenvalue weighted by molar-refractivity contribution is -0.144. The van der Waals surface area contributed by atoms with E-state index in [0.29, 0.717) is 12.2 Å². The second-order valence-electron chi connectivity index (χ2n) is 11.6. The molecule has 4 bridgehead atoms. The van der Waals surface area contributed by atoms with Gasteiger partial charge in [-0.25, -0.2) is 23.2 Å². The SMILES string of the molecule is CN1C(=O)OCC(F)(F)CCCCOc2cccc3c2CN(C3)C(=O)OC2C=C(C(=O)O)N(C2)C(=O)C1C(C)(C)C. The van der Waals surface area contributed by atoms with E-state index in [-0.39, 0.29) is 32.7 Å². The molecule has 0 fully saturated rings. The van der Waals surface area contributed by atoms with Crippen molar-refractivity contribution < 1.29 is 47.3 Å². The van der Waals surface area contributed by atoms with Crippen LogP contribution in [0.3, 0.4) is 0 Å². The standard InChI is InChI=1S/C28H35F2N3O8/c1-27(2,3)22-23(34)33-14-18(12-20(33)24(35)36)41-26(38)32-13-17-8-7-9-21(19(17)15-32)39-11-6-5-10-28(29,30)16-40-25(37)31(22)4/h7-9,12,18,22H,5-6,10-11,13-16H2,1-4H3,(H,35,36). The molecule has 41 heavy (non-hydrogen) atoms. The molecule has 3 amide bonds. The van der Waals surface area contributed by atoms with Gasteiger partial charge in [0.2, 0.25) is 0 Å². The van der Waals surface area contributed by atoms with Crippen molar-refractivity contribution in [3.05, 3.63) is 41.1 Å². The number of hydrogen-bond donors (Lipinski definition) is 1. The van der Waals surface area contributed by atoms with Crippen molar-refractivity contribution in [1.29, 1.82) is 0 Å². The van der Waals surface area contributed by atoms with Gasteiger partial charge in [0.05, 0.1) is 19.7 Å². The molecule has 0 spiro atoms. The maximum atomic E-state index is 14.6. The predicted molar refractivity (Wildman–Crippen MR) is 140 cm³/mol. The van der Waals surface area contributed by atoms with E-state index in [1.165, 1.54) is 18.0 Å². The topological polar surface area (TPSA) is 126 Å². The Hall–Kier alpha value is -3.90. The number of carboxylic acid groups (broad SMARTS) is 1. The van der Waals surface area contributed by atoms with Gasteiger partial charge in [-0.3, -0.25) is 14.6 Å². The largest absolute Gasteiger partial charge is 0.493 e. The average Bonchev–Trinajstić information content (AvgIpc) is 3.51. The van der Waals surface area contributed by atoms with Crippen LogP contribution in [0.5, 0.6) is 5.75 Å². The van der Waals surface area contributed by atoms with Gasteiger partial charge in [-0.15, -0.1) is 0 Å². The number of nitrogens with zero attached hydrogens (tertiary/aromatic N) is 3. The zero-order valence-electron chi connectivity index (χ0n) is 23.5. The molecule has 4 rings (SSSR count). The molecule has 3 heterocycles. The van der Waals surface area contributed by atoms with Gasteiger partial charge in [-0.1, -0.05) is 32.9 Å². The molecular weight excluding hydrogens is 544 g/mol. The maximum Gasteiger partial charge on any atom is 0.411 e. The van der Waals surface area contributed by atoms with Crippen LogP contribution in [-0.2, 0) is 32.2 Å². The first-order valence-electron chi connectivity index (χ1n) is 13.4. The lowest BCUT2D eigenvalue weighted by atomic mass is 9.85. The summed E-state index contributed by atoms with van der Waals surface area (Å²) < 4.78 is 45.4. The number of carbonyl (C=O) groups is 4. The van der Waals surface area contributed by atoms with E-state index in [2.05, 4.69) is 0 Å². The van der Waals surface area contributed by atoms with E-state index in [1.54, 1.807) is 32.9 Å². The van der Waals surface area contributed by atoms with Crippen molar-refractivity contribution in [2.45, 2.75) is 71.2 Å². The van der Waals surface area contributed by atoms with Crippen LogP contribution in [0.2, 0.25) is 0 Å². The summed E-state index contributed by atoms with van der Waals surface area (Å²) in [6, 6.07) is 4.08. The summed E-state index contributed by atoms with van der Waals surface area (Å²) in [5.41, 5.74) is 0.252. The Bertz CT molecular complexity index is 1250. The third kappa shape index (κ3) is 6.71. The Balaban J connectivity index is 1.63. The number of alkyl halides is 2. The molecule has 0 saturated carbocycles. The zero-order valence-corrected chi connectivity index (χ0v) is 23.5. The van der Waals surface area contributed by atoms with E-state index in [0.717, 1.165) is 20.9 Å². The van der Waals surface area contributed by atoms with Crippen LogP contribution in [0.4, 0.5) is 18.4 Å². The molecule has 13 heteroatoms. The van der Waals surface area contributed by atoms with Crippen molar-refractivity contribution >= 4 is 24.1 Å². The molecule has 0 aromatic heterocycles. The number of halogens is 2. The molecule has 1 N–H and O–H groups in total. The average molecular weight is 580 g/mol. The number of carboxylic acids is 1. The predicted octanol–water partition coefficient (Wildman–Crippen LogP) is 4.00. The molecule has 2 unspecified atom stereocenters. The molecule has 11 nitrogen and oxygen atoms in total. The van der Waals surface area contributed by atoms with Gasteiger partial charge in [0, 0.05) is 25.6 Å². The number of benzene rings is 1. The summed E-state index contributed by atoms with van der Waals surface area (Å²) in [6.45, 7) is 4.07. The van der Waals surface area contributed by atoms with Gasteiger partial charge < -0.3 is 24.2 Å². The number of amides is 3. The third-order valence-electron chi connectivity index (χ3n) is 7.26. The fourth-order valence-corrected chi connectivity index (χ4v) is 5.30. The Kier molecular flexibility index (Phi) is 8.46. The molecule has 0 aliphatic carbocycles. The maximum absolute atomic E-state index is 14.6. The molecular formula is C28H35F2N3O8. The molecule has 1 aromatic carbocycles. The number of likely N-dealkylation sites (N-methyl/N-ethyl adjacent to an activating group) is 1. The van der Waals surface area contributed by atoms with Crippen LogP contribution in [0, 0.1) is 5.41 Å². The van der Waals surface area contributed by atoms with Crippen molar-refractivity contribution in [3.8, 4) is 5.75 Å². The molecule has 3 aliphatic rings. The minimum atomic E-state index is -3.30. The summed E-state index contributed by atoms with van der Waals surface area (Å²) in [5, 5.41) is 9.82. The first-order chi connectivity index (χ1) is 19.2. The van der Waals surface area contributed by atoms with E-state index in [1.807, 2.05) is 6.07 Å². The van der Waals surface area contributed by atoms with E-state index < -0.39 is 66.3 Å². The molecule has 1 aromatic rings. The van der Waals surface area contributed by atoms with Gasteiger partial charge in [-0.05, 0) is 36.0 Å². The van der Waals surface area contributed by atoms with Gasteiger partial charge >= 0.3 is 18.2 Å². The third-order valence-corrected chi connectivity index (χ3v) is 7.26. The summed E-state index contributed by atoms with van der Waals surface area (Å²) in [7, 11) is 1.23. The number of carbonyl (C=O) groups excluding carboxylic acids is 3. The van der Waals surface area contributed by atoms with Gasteiger partial charge in [0.1, 0.15) is 23.6 Å².